The summed E-state index contributed by atoms with van der Waals surface area (Å²) in [5.41, 5.74) is 1.15. The maximum absolute atomic E-state index is 6.09. The highest BCUT2D eigenvalue weighted by atomic mass is 127. The third-order valence-electron chi connectivity index (χ3n) is 3.72. The zero-order chi connectivity index (χ0) is 17.8. The largest absolute Gasteiger partial charge is 0.382 e. The predicted octanol–water partition coefficient (Wildman–Crippen LogP) is 3.45. The lowest BCUT2D eigenvalue weighted by Crippen LogP contribution is -2.43. The second-order valence-electron chi connectivity index (χ2n) is 6.21. The summed E-state index contributed by atoms with van der Waals surface area (Å²) in [6.45, 7) is 7.92. The maximum Gasteiger partial charge on any atom is 0.191 e. The fourth-order valence-corrected chi connectivity index (χ4v) is 2.35. The van der Waals surface area contributed by atoms with E-state index in [1.165, 1.54) is 5.56 Å². The SMILES string of the molecule is CN=C(NCCCOCCOC)NCC(C)(C)c1cccc(Cl)c1.I. The Bertz CT molecular complexity index is 513. The van der Waals surface area contributed by atoms with Crippen LogP contribution in [0.4, 0.5) is 0 Å². The smallest absolute Gasteiger partial charge is 0.191 e. The molecule has 0 heterocycles. The first kappa shape index (κ1) is 24.4. The number of hydrogen-bond donors (Lipinski definition) is 2. The molecule has 0 bridgehead atoms. The molecule has 0 radical (unpaired) electrons. The Morgan fingerprint density at radius 3 is 2.60 bits per heavy atom. The molecular formula is C18H31ClIN3O2. The molecular weight excluding hydrogens is 453 g/mol. The van der Waals surface area contributed by atoms with Crippen molar-refractivity contribution in [2.24, 2.45) is 4.99 Å². The van der Waals surface area contributed by atoms with Gasteiger partial charge in [0.1, 0.15) is 0 Å². The molecule has 144 valence electrons. The van der Waals surface area contributed by atoms with E-state index in [0.717, 1.165) is 30.5 Å². The zero-order valence-electron chi connectivity index (χ0n) is 15.6. The van der Waals surface area contributed by atoms with Gasteiger partial charge in [-0.25, -0.2) is 0 Å². The molecule has 0 unspecified atom stereocenters. The van der Waals surface area contributed by atoms with Crippen LogP contribution in [0, 0.1) is 0 Å². The number of benzene rings is 1. The lowest BCUT2D eigenvalue weighted by atomic mass is 9.84. The minimum atomic E-state index is -0.0498. The molecule has 7 heteroatoms. The lowest BCUT2D eigenvalue weighted by Gasteiger charge is -2.27. The van der Waals surface area contributed by atoms with Gasteiger partial charge in [-0.3, -0.25) is 4.99 Å². The van der Waals surface area contributed by atoms with Gasteiger partial charge in [-0.05, 0) is 24.1 Å². The van der Waals surface area contributed by atoms with Gasteiger partial charge in [0.05, 0.1) is 13.2 Å². The van der Waals surface area contributed by atoms with Crippen molar-refractivity contribution in [1.82, 2.24) is 10.6 Å². The van der Waals surface area contributed by atoms with Crippen LogP contribution >= 0.6 is 35.6 Å². The highest BCUT2D eigenvalue weighted by Crippen LogP contribution is 2.24. The average Bonchev–Trinajstić information content (AvgIpc) is 2.56. The van der Waals surface area contributed by atoms with E-state index >= 15 is 0 Å². The van der Waals surface area contributed by atoms with Crippen molar-refractivity contribution < 1.29 is 9.47 Å². The van der Waals surface area contributed by atoms with Crippen LogP contribution in [0.5, 0.6) is 0 Å². The molecule has 5 nitrogen and oxygen atoms in total. The molecule has 0 aliphatic heterocycles. The third-order valence-corrected chi connectivity index (χ3v) is 3.95. The fraction of sp³-hybridized carbons (Fsp3) is 0.611. The van der Waals surface area contributed by atoms with Gasteiger partial charge in [0.25, 0.3) is 0 Å². The van der Waals surface area contributed by atoms with Gasteiger partial charge in [0, 0.05) is 44.3 Å². The highest BCUT2D eigenvalue weighted by molar-refractivity contribution is 14.0. The van der Waals surface area contributed by atoms with E-state index in [0.29, 0.717) is 19.8 Å². The van der Waals surface area contributed by atoms with Gasteiger partial charge in [-0.1, -0.05) is 37.6 Å². The number of halogens is 2. The summed E-state index contributed by atoms with van der Waals surface area (Å²) in [5, 5.41) is 7.43. The number of methoxy groups -OCH3 is 1. The number of hydrogen-bond acceptors (Lipinski definition) is 3. The van der Waals surface area contributed by atoms with Gasteiger partial charge in [0.15, 0.2) is 5.96 Å². The van der Waals surface area contributed by atoms with Crippen molar-refractivity contribution >= 4 is 41.5 Å². The monoisotopic (exact) mass is 483 g/mol. The van der Waals surface area contributed by atoms with E-state index < -0.39 is 0 Å². The normalized spacial score (nSPS) is 11.8. The van der Waals surface area contributed by atoms with Crippen molar-refractivity contribution in [3.63, 3.8) is 0 Å². The molecule has 1 rings (SSSR count). The van der Waals surface area contributed by atoms with Gasteiger partial charge >= 0.3 is 0 Å². The van der Waals surface area contributed by atoms with Crippen LogP contribution in [0.2, 0.25) is 5.02 Å². The second-order valence-corrected chi connectivity index (χ2v) is 6.64. The van der Waals surface area contributed by atoms with Crippen molar-refractivity contribution in [2.45, 2.75) is 25.7 Å². The van der Waals surface area contributed by atoms with Crippen LogP contribution in [0.15, 0.2) is 29.3 Å². The van der Waals surface area contributed by atoms with Crippen molar-refractivity contribution in [2.75, 3.05) is 47.1 Å². The topological polar surface area (TPSA) is 54.9 Å². The average molecular weight is 484 g/mol. The highest BCUT2D eigenvalue weighted by Gasteiger charge is 2.21. The lowest BCUT2D eigenvalue weighted by molar-refractivity contribution is 0.0698. The molecule has 0 saturated carbocycles. The Labute approximate surface area is 173 Å². The first-order valence-corrected chi connectivity index (χ1v) is 8.64. The molecule has 0 amide bonds. The first-order valence-electron chi connectivity index (χ1n) is 8.27. The Morgan fingerprint density at radius 2 is 1.96 bits per heavy atom. The number of ether oxygens (including phenoxy) is 2. The van der Waals surface area contributed by atoms with Gasteiger partial charge in [0.2, 0.25) is 0 Å². The molecule has 0 saturated heterocycles. The molecule has 0 atom stereocenters. The van der Waals surface area contributed by atoms with Gasteiger partial charge in [-0.15, -0.1) is 24.0 Å². The summed E-state index contributed by atoms with van der Waals surface area (Å²) < 4.78 is 10.4. The third kappa shape index (κ3) is 10.2. The van der Waals surface area contributed by atoms with E-state index in [4.69, 9.17) is 21.1 Å². The maximum atomic E-state index is 6.09. The Kier molecular flexibility index (Phi) is 13.3. The summed E-state index contributed by atoms with van der Waals surface area (Å²) in [6.07, 6.45) is 0.919. The molecule has 2 N–H and O–H groups in total. The number of nitrogens with zero attached hydrogens (tertiary/aromatic N) is 1. The van der Waals surface area contributed by atoms with Crippen LogP contribution in [0.1, 0.15) is 25.8 Å². The minimum Gasteiger partial charge on any atom is -0.382 e. The van der Waals surface area contributed by atoms with Gasteiger partial charge in [-0.2, -0.15) is 0 Å². The summed E-state index contributed by atoms with van der Waals surface area (Å²) in [5.74, 6) is 0.794. The molecule has 0 aliphatic rings. The number of nitrogens with one attached hydrogen (secondary N) is 2. The standard InChI is InChI=1S/C18H30ClN3O2.HI/c1-18(2,15-7-5-8-16(19)13-15)14-22-17(20-3)21-9-6-10-24-12-11-23-4;/h5,7-8,13H,6,9-12,14H2,1-4H3,(H2,20,21,22);1H. The number of guanidine groups is 1. The van der Waals surface area contributed by atoms with E-state index in [1.54, 1.807) is 14.2 Å². The Morgan fingerprint density at radius 1 is 1.20 bits per heavy atom. The van der Waals surface area contributed by atoms with Crippen molar-refractivity contribution in [1.29, 1.82) is 0 Å². The van der Waals surface area contributed by atoms with Crippen LogP contribution in [0.25, 0.3) is 0 Å². The fourth-order valence-electron chi connectivity index (χ4n) is 2.16. The molecule has 1 aromatic rings. The number of aliphatic imine (C=N–C) groups is 1. The van der Waals surface area contributed by atoms with Gasteiger partial charge < -0.3 is 20.1 Å². The van der Waals surface area contributed by atoms with Crippen molar-refractivity contribution in [3.05, 3.63) is 34.9 Å². The predicted molar refractivity (Wildman–Crippen MR) is 117 cm³/mol. The molecule has 1 aromatic carbocycles. The van der Waals surface area contributed by atoms with Crippen LogP contribution in [-0.4, -0.2) is 53.0 Å². The zero-order valence-corrected chi connectivity index (χ0v) is 18.7. The summed E-state index contributed by atoms with van der Waals surface area (Å²) in [6, 6.07) is 7.98. The molecule has 0 aliphatic carbocycles. The van der Waals surface area contributed by atoms with E-state index in [2.05, 4.69) is 35.5 Å². The molecule has 0 fully saturated rings. The van der Waals surface area contributed by atoms with Crippen LogP contribution < -0.4 is 10.6 Å². The second kappa shape index (κ2) is 13.6. The quantitative estimate of drug-likeness (QED) is 0.232. The minimum absolute atomic E-state index is 0. The summed E-state index contributed by atoms with van der Waals surface area (Å²) in [4.78, 5) is 4.26. The Hall–Kier alpha value is -0.570. The molecule has 0 spiro atoms. The van der Waals surface area contributed by atoms with Crippen LogP contribution in [-0.2, 0) is 14.9 Å². The Balaban J connectivity index is 0.00000576. The summed E-state index contributed by atoms with van der Waals surface area (Å²) >= 11 is 6.09. The molecule has 25 heavy (non-hydrogen) atoms. The summed E-state index contributed by atoms with van der Waals surface area (Å²) in [7, 11) is 3.45. The van der Waals surface area contributed by atoms with E-state index in [1.807, 2.05) is 18.2 Å². The van der Waals surface area contributed by atoms with Crippen molar-refractivity contribution in [3.8, 4) is 0 Å². The van der Waals surface area contributed by atoms with E-state index in [-0.39, 0.29) is 29.4 Å². The molecule has 0 aromatic heterocycles. The van der Waals surface area contributed by atoms with Crippen LogP contribution in [0.3, 0.4) is 0 Å². The first-order chi connectivity index (χ1) is 11.5. The van der Waals surface area contributed by atoms with E-state index in [9.17, 15) is 0 Å². The number of rotatable bonds is 10.